The number of carboxylic acid groups (broad SMARTS) is 1. The lowest BCUT2D eigenvalue weighted by Gasteiger charge is -2.38. The minimum Gasteiger partial charge on any atom is -0.480 e. The van der Waals surface area contributed by atoms with Crippen LogP contribution in [0.15, 0.2) is 24.3 Å². The molecule has 0 unspecified atom stereocenters. The molecule has 8 nitrogen and oxygen atoms in total. The van der Waals surface area contributed by atoms with Gasteiger partial charge >= 0.3 is 18.3 Å². The summed E-state index contributed by atoms with van der Waals surface area (Å²) in [5.74, 6) is -2.95. The van der Waals surface area contributed by atoms with Crippen molar-refractivity contribution < 1.29 is 60.1 Å². The van der Waals surface area contributed by atoms with Crippen molar-refractivity contribution in [3.8, 4) is 11.5 Å². The molecule has 268 valence electrons. The number of nitrogens with zero attached hydrogens (tertiary/aromatic N) is 1. The minimum atomic E-state index is -4.81. The zero-order valence-corrected chi connectivity index (χ0v) is 28.0. The Morgan fingerprint density at radius 3 is 1.55 bits per heavy atom. The van der Waals surface area contributed by atoms with Gasteiger partial charge in [-0.05, 0) is 78.6 Å². The zero-order chi connectivity index (χ0) is 36.9. The summed E-state index contributed by atoms with van der Waals surface area (Å²) in [4.78, 5) is 49.9. The molecule has 0 aromatic heterocycles. The molecule has 1 N–H and O–H groups in total. The molecule has 0 saturated heterocycles. The van der Waals surface area contributed by atoms with E-state index in [-0.39, 0.29) is 53.6 Å². The molecule has 49 heavy (non-hydrogen) atoms. The quantitative estimate of drug-likeness (QED) is 0.324. The lowest BCUT2D eigenvalue weighted by atomic mass is 9.89. The highest BCUT2D eigenvalue weighted by Crippen LogP contribution is 2.42. The largest absolute Gasteiger partial charge is 0.480 e. The Hall–Kier alpha value is -4.10. The van der Waals surface area contributed by atoms with E-state index in [1.807, 2.05) is 13.8 Å². The number of carbonyl (C=O) groups excluding carboxylic acids is 3. The van der Waals surface area contributed by atoms with E-state index < -0.39 is 57.7 Å². The molecule has 1 amide bonds. The van der Waals surface area contributed by atoms with Crippen LogP contribution >= 0.6 is 0 Å². The molecule has 0 radical (unpaired) electrons. The normalized spacial score (nSPS) is 18.7. The van der Waals surface area contributed by atoms with Crippen LogP contribution in [0.2, 0.25) is 0 Å². The number of carboxylic acids is 1. The second-order valence-electron chi connectivity index (χ2n) is 13.8. The van der Waals surface area contributed by atoms with Gasteiger partial charge in [0.15, 0.2) is 22.8 Å². The summed E-state index contributed by atoms with van der Waals surface area (Å²) in [5.41, 5.74) is -5.49. The van der Waals surface area contributed by atoms with Gasteiger partial charge in [-0.15, -0.1) is 0 Å². The summed E-state index contributed by atoms with van der Waals surface area (Å²) in [6, 6.07) is 3.31. The summed E-state index contributed by atoms with van der Waals surface area (Å²) in [7, 11) is 0. The Kier molecular flexibility index (Phi) is 10.2. The fourth-order valence-electron chi connectivity index (χ4n) is 6.29. The summed E-state index contributed by atoms with van der Waals surface area (Å²) in [5, 5.41) is 8.87. The second kappa shape index (κ2) is 13.3. The molecule has 1 saturated carbocycles. The number of hydrogen-bond donors (Lipinski definition) is 1. The number of rotatable bonds is 4. The minimum absolute atomic E-state index is 0.0206. The van der Waals surface area contributed by atoms with Gasteiger partial charge < -0.3 is 19.5 Å². The molecule has 3 aliphatic rings. The van der Waals surface area contributed by atoms with E-state index >= 15 is 0 Å². The van der Waals surface area contributed by atoms with Crippen molar-refractivity contribution in [1.82, 2.24) is 4.90 Å². The maximum absolute atomic E-state index is 13.9. The number of Topliss-reactive ketones (excluding diaryl/α,β-unsaturated/α-hetero) is 2. The molecule has 2 heterocycles. The third kappa shape index (κ3) is 8.04. The average molecular weight is 700 g/mol. The highest BCUT2D eigenvalue weighted by atomic mass is 19.4. The molecule has 0 spiro atoms. The van der Waals surface area contributed by atoms with Crippen molar-refractivity contribution in [3.63, 3.8) is 0 Å². The Balaban J connectivity index is 0.000000237. The lowest BCUT2D eigenvalue weighted by molar-refractivity contribution is -0.139. The van der Waals surface area contributed by atoms with Crippen LogP contribution < -0.4 is 9.47 Å². The van der Waals surface area contributed by atoms with Crippen LogP contribution in [0, 0.1) is 0 Å². The van der Waals surface area contributed by atoms with Gasteiger partial charge in [0.25, 0.3) is 5.91 Å². The van der Waals surface area contributed by atoms with Crippen molar-refractivity contribution in [1.29, 1.82) is 0 Å². The second-order valence-corrected chi connectivity index (χ2v) is 13.8. The standard InChI is InChI=1S/C22H28F3NO3.C13H11F3O4/c1-13(2)26(15-8-6-5-7-9-15)20(28)16-10-14-11-19(27)21(3,4)29-18(14)12-17(16)22(23,24)25;1-12(2)10(17)4-6-3-7(11(18)19)8(13(14,15)16)5-9(6)20-12/h10,12-13,15H,5-9,11H2,1-4H3;3,5H,4H2,1-2H3,(H,18,19). The SMILES string of the molecule is CC(C)N(C(=O)c1cc2c(cc1C(F)(F)F)OC(C)(C)C(=O)C2)C1CCCCC1.CC1(C)Oc2cc(C(F)(F)F)c(C(=O)O)cc2CC1=O. The zero-order valence-electron chi connectivity index (χ0n) is 28.0. The number of carbonyl (C=O) groups is 4. The van der Waals surface area contributed by atoms with Crippen molar-refractivity contribution in [2.75, 3.05) is 0 Å². The van der Waals surface area contributed by atoms with Gasteiger partial charge in [0.1, 0.15) is 11.5 Å². The highest BCUT2D eigenvalue weighted by molar-refractivity contribution is 5.98. The molecule has 0 atom stereocenters. The van der Waals surface area contributed by atoms with Crippen LogP contribution in [0.4, 0.5) is 26.3 Å². The maximum Gasteiger partial charge on any atom is 0.417 e. The van der Waals surface area contributed by atoms with Crippen molar-refractivity contribution in [3.05, 3.63) is 57.6 Å². The summed E-state index contributed by atoms with van der Waals surface area (Å²) in [6.07, 6.45) is -5.10. The van der Waals surface area contributed by atoms with E-state index in [4.69, 9.17) is 14.6 Å². The van der Waals surface area contributed by atoms with E-state index in [9.17, 15) is 45.5 Å². The van der Waals surface area contributed by atoms with Gasteiger partial charge in [-0.3, -0.25) is 14.4 Å². The predicted molar refractivity (Wildman–Crippen MR) is 165 cm³/mol. The first-order chi connectivity index (χ1) is 22.4. The molecular weight excluding hydrogens is 660 g/mol. The average Bonchev–Trinajstić information content (AvgIpc) is 2.96. The summed E-state index contributed by atoms with van der Waals surface area (Å²) >= 11 is 0. The predicted octanol–water partition coefficient (Wildman–Crippen LogP) is 7.86. The monoisotopic (exact) mass is 699 g/mol. The van der Waals surface area contributed by atoms with Gasteiger partial charge in [-0.25, -0.2) is 4.79 Å². The number of fused-ring (bicyclic) bond motifs is 2. The number of aromatic carboxylic acids is 1. The Morgan fingerprint density at radius 1 is 0.755 bits per heavy atom. The molecule has 5 rings (SSSR count). The van der Waals surface area contributed by atoms with Crippen LogP contribution in [0.5, 0.6) is 11.5 Å². The number of benzene rings is 2. The topological polar surface area (TPSA) is 110 Å². The van der Waals surface area contributed by atoms with E-state index in [2.05, 4.69) is 0 Å². The number of hydrogen-bond acceptors (Lipinski definition) is 6. The number of halogens is 6. The van der Waals surface area contributed by atoms with Gasteiger partial charge in [0.2, 0.25) is 0 Å². The first-order valence-electron chi connectivity index (χ1n) is 15.9. The van der Waals surface area contributed by atoms with Gasteiger partial charge in [-0.2, -0.15) is 26.3 Å². The summed E-state index contributed by atoms with van der Waals surface area (Å²) in [6.45, 7) is 9.64. The highest BCUT2D eigenvalue weighted by Gasteiger charge is 2.43. The molecule has 14 heteroatoms. The first-order valence-corrected chi connectivity index (χ1v) is 15.9. The third-order valence-corrected chi connectivity index (χ3v) is 9.01. The lowest BCUT2D eigenvalue weighted by Crippen LogP contribution is -2.46. The molecule has 0 bridgehead atoms. The third-order valence-electron chi connectivity index (χ3n) is 9.01. The Morgan fingerprint density at radius 2 is 1.16 bits per heavy atom. The Labute approximate surface area is 279 Å². The molecule has 1 aliphatic carbocycles. The fraction of sp³-hybridized carbons (Fsp3) is 0.543. The van der Waals surface area contributed by atoms with Crippen molar-refractivity contribution >= 4 is 23.4 Å². The van der Waals surface area contributed by atoms with E-state index in [0.29, 0.717) is 11.6 Å². The van der Waals surface area contributed by atoms with Gasteiger partial charge in [-0.1, -0.05) is 19.3 Å². The van der Waals surface area contributed by atoms with Crippen molar-refractivity contribution in [2.45, 2.75) is 122 Å². The molecule has 1 fully saturated rings. The van der Waals surface area contributed by atoms with E-state index in [1.54, 1.807) is 4.90 Å². The number of ketones is 2. The van der Waals surface area contributed by atoms with Crippen LogP contribution in [0.1, 0.15) is 117 Å². The maximum atomic E-state index is 13.9. The van der Waals surface area contributed by atoms with Gasteiger partial charge in [0, 0.05) is 36.1 Å². The number of amides is 1. The Bertz CT molecular complexity index is 1650. The smallest absolute Gasteiger partial charge is 0.417 e. The van der Waals surface area contributed by atoms with Crippen LogP contribution in [0.3, 0.4) is 0 Å². The van der Waals surface area contributed by atoms with Gasteiger partial charge in [0.05, 0.1) is 22.3 Å². The number of ether oxygens (including phenoxy) is 2. The summed E-state index contributed by atoms with van der Waals surface area (Å²) < 4.78 is 91.0. The fourth-order valence-corrected chi connectivity index (χ4v) is 6.29. The van der Waals surface area contributed by atoms with E-state index in [0.717, 1.165) is 44.2 Å². The molecule has 2 aromatic rings. The van der Waals surface area contributed by atoms with E-state index in [1.165, 1.54) is 33.8 Å². The molecule has 2 aromatic carbocycles. The first kappa shape index (κ1) is 37.7. The van der Waals surface area contributed by atoms with Crippen molar-refractivity contribution in [2.24, 2.45) is 0 Å². The molecule has 2 aliphatic heterocycles. The van der Waals surface area contributed by atoms with Crippen LogP contribution in [-0.4, -0.2) is 56.7 Å². The van der Waals surface area contributed by atoms with Crippen LogP contribution in [0.25, 0.3) is 0 Å². The molecular formula is C35H39F6NO7. The van der Waals surface area contributed by atoms with Crippen LogP contribution in [-0.2, 0) is 34.8 Å². The number of alkyl halides is 6.